The Kier molecular flexibility index (Phi) is 2.47. The largest absolute Gasteiger partial charge is 0.144 e. The topological polar surface area (TPSA) is 0 Å². The molecular formula is C20H14S2. The van der Waals surface area contributed by atoms with Crippen LogP contribution in [0.4, 0.5) is 0 Å². The SMILES string of the molecule is Cc1c2ccsc2cc2c1ccc1c(C)c3ccsc3cc12. The van der Waals surface area contributed by atoms with Gasteiger partial charge in [0.2, 0.25) is 0 Å². The monoisotopic (exact) mass is 318 g/mol. The Balaban J connectivity index is 2.10. The van der Waals surface area contributed by atoms with Crippen molar-refractivity contribution >= 4 is 64.4 Å². The van der Waals surface area contributed by atoms with Crippen LogP contribution >= 0.6 is 22.7 Å². The molecule has 0 aliphatic carbocycles. The van der Waals surface area contributed by atoms with E-state index in [9.17, 15) is 0 Å². The van der Waals surface area contributed by atoms with Crippen molar-refractivity contribution in [1.29, 1.82) is 0 Å². The summed E-state index contributed by atoms with van der Waals surface area (Å²) in [5, 5.41) is 12.7. The molecule has 0 fully saturated rings. The molecule has 0 saturated carbocycles. The van der Waals surface area contributed by atoms with Crippen LogP contribution in [-0.4, -0.2) is 0 Å². The first-order valence-corrected chi connectivity index (χ1v) is 9.20. The zero-order valence-electron chi connectivity index (χ0n) is 12.4. The minimum absolute atomic E-state index is 1.38. The molecule has 0 atom stereocenters. The standard InChI is InChI=1S/C20H14S2/c1-11-13-3-4-14-12(2)16-6-8-22-20(16)10-18(14)17(13)9-19-15(11)5-7-21-19/h3-10H,1-2H3. The van der Waals surface area contributed by atoms with Gasteiger partial charge in [-0.05, 0) is 92.3 Å². The lowest BCUT2D eigenvalue weighted by atomic mass is 9.94. The number of hydrogen-bond acceptors (Lipinski definition) is 2. The van der Waals surface area contributed by atoms with Crippen LogP contribution in [0.1, 0.15) is 11.1 Å². The lowest BCUT2D eigenvalue weighted by Gasteiger charge is -2.11. The molecule has 5 aromatic rings. The van der Waals surface area contributed by atoms with Crippen molar-refractivity contribution in [3.63, 3.8) is 0 Å². The van der Waals surface area contributed by atoms with Crippen molar-refractivity contribution in [2.45, 2.75) is 13.8 Å². The summed E-state index contributed by atoms with van der Waals surface area (Å²) in [6.07, 6.45) is 0. The van der Waals surface area contributed by atoms with Crippen LogP contribution in [-0.2, 0) is 0 Å². The molecule has 0 radical (unpaired) electrons. The molecule has 2 aromatic heterocycles. The molecule has 0 bridgehead atoms. The maximum atomic E-state index is 2.38. The summed E-state index contributed by atoms with van der Waals surface area (Å²) in [4.78, 5) is 0. The van der Waals surface area contributed by atoms with Gasteiger partial charge in [-0.15, -0.1) is 22.7 Å². The van der Waals surface area contributed by atoms with E-state index in [1.165, 1.54) is 52.8 Å². The molecule has 0 nitrogen and oxygen atoms in total. The summed E-state index contributed by atoms with van der Waals surface area (Å²) >= 11 is 3.67. The van der Waals surface area contributed by atoms with E-state index in [1.54, 1.807) is 0 Å². The van der Waals surface area contributed by atoms with Crippen molar-refractivity contribution < 1.29 is 0 Å². The maximum absolute atomic E-state index is 2.38. The normalized spacial score (nSPS) is 12.1. The van der Waals surface area contributed by atoms with E-state index in [0.717, 1.165) is 0 Å². The van der Waals surface area contributed by atoms with Gasteiger partial charge in [0.15, 0.2) is 0 Å². The van der Waals surface area contributed by atoms with Gasteiger partial charge in [0.05, 0.1) is 0 Å². The molecular weight excluding hydrogens is 304 g/mol. The first-order chi connectivity index (χ1) is 10.7. The van der Waals surface area contributed by atoms with E-state index in [4.69, 9.17) is 0 Å². The van der Waals surface area contributed by atoms with Crippen molar-refractivity contribution in [3.05, 3.63) is 58.3 Å². The number of aryl methyl sites for hydroxylation is 2. The fraction of sp³-hybridized carbons (Fsp3) is 0.100. The number of fused-ring (bicyclic) bond motifs is 5. The Hall–Kier alpha value is -1.90. The lowest BCUT2D eigenvalue weighted by Crippen LogP contribution is -1.85. The highest BCUT2D eigenvalue weighted by molar-refractivity contribution is 7.17. The van der Waals surface area contributed by atoms with Gasteiger partial charge >= 0.3 is 0 Å². The lowest BCUT2D eigenvalue weighted by molar-refractivity contribution is 1.59. The third kappa shape index (κ3) is 1.52. The predicted molar refractivity (Wildman–Crippen MR) is 102 cm³/mol. The van der Waals surface area contributed by atoms with E-state index in [2.05, 4.69) is 61.0 Å². The zero-order chi connectivity index (χ0) is 14.8. The highest BCUT2D eigenvalue weighted by Gasteiger charge is 2.11. The second-order valence-corrected chi connectivity index (χ2v) is 7.82. The second-order valence-electron chi connectivity index (χ2n) is 5.92. The van der Waals surface area contributed by atoms with Crippen molar-refractivity contribution in [2.24, 2.45) is 0 Å². The van der Waals surface area contributed by atoms with E-state index in [-0.39, 0.29) is 0 Å². The van der Waals surface area contributed by atoms with Gasteiger partial charge in [-0.2, -0.15) is 0 Å². The van der Waals surface area contributed by atoms with Crippen LogP contribution in [0.2, 0.25) is 0 Å². The Morgan fingerprint density at radius 1 is 0.545 bits per heavy atom. The van der Waals surface area contributed by atoms with Crippen LogP contribution in [0.25, 0.3) is 41.7 Å². The fourth-order valence-corrected chi connectivity index (χ4v) is 5.41. The van der Waals surface area contributed by atoms with Gasteiger partial charge in [0, 0.05) is 9.40 Å². The molecule has 3 aromatic carbocycles. The van der Waals surface area contributed by atoms with Gasteiger partial charge < -0.3 is 0 Å². The average Bonchev–Trinajstić information content (AvgIpc) is 3.16. The van der Waals surface area contributed by atoms with Crippen LogP contribution in [0, 0.1) is 13.8 Å². The molecule has 0 aliphatic heterocycles. The van der Waals surface area contributed by atoms with Crippen LogP contribution in [0.15, 0.2) is 47.2 Å². The van der Waals surface area contributed by atoms with Crippen LogP contribution in [0.3, 0.4) is 0 Å². The Bertz CT molecular complexity index is 1090. The number of thiophene rings is 2. The average molecular weight is 318 g/mol. The first kappa shape index (κ1) is 12.6. The molecule has 0 N–H and O–H groups in total. The fourth-order valence-electron chi connectivity index (χ4n) is 3.64. The molecule has 5 rings (SSSR count). The quantitative estimate of drug-likeness (QED) is 0.269. The minimum Gasteiger partial charge on any atom is -0.144 e. The molecule has 2 heteroatoms. The minimum atomic E-state index is 1.38. The summed E-state index contributed by atoms with van der Waals surface area (Å²) in [5.41, 5.74) is 2.80. The Morgan fingerprint density at radius 3 is 1.45 bits per heavy atom. The smallest absolute Gasteiger partial charge is 0.0351 e. The summed E-state index contributed by atoms with van der Waals surface area (Å²) in [5.74, 6) is 0. The predicted octanol–water partition coefficient (Wildman–Crippen LogP) is 7.04. The number of hydrogen-bond donors (Lipinski definition) is 0. The third-order valence-corrected chi connectivity index (χ3v) is 6.57. The Morgan fingerprint density at radius 2 is 1.00 bits per heavy atom. The Labute approximate surface area is 136 Å². The van der Waals surface area contributed by atoms with E-state index >= 15 is 0 Å². The third-order valence-electron chi connectivity index (χ3n) is 4.84. The molecule has 0 unspecified atom stereocenters. The zero-order valence-corrected chi connectivity index (χ0v) is 14.1. The van der Waals surface area contributed by atoms with Crippen molar-refractivity contribution in [1.82, 2.24) is 0 Å². The van der Waals surface area contributed by atoms with Gasteiger partial charge in [0.1, 0.15) is 0 Å². The maximum Gasteiger partial charge on any atom is 0.0351 e. The van der Waals surface area contributed by atoms with Gasteiger partial charge in [-0.25, -0.2) is 0 Å². The molecule has 0 amide bonds. The van der Waals surface area contributed by atoms with Gasteiger partial charge in [-0.1, -0.05) is 12.1 Å². The molecule has 2 heterocycles. The van der Waals surface area contributed by atoms with Gasteiger partial charge in [0.25, 0.3) is 0 Å². The molecule has 0 spiro atoms. The highest BCUT2D eigenvalue weighted by Crippen LogP contribution is 2.38. The van der Waals surface area contributed by atoms with E-state index in [0.29, 0.717) is 0 Å². The van der Waals surface area contributed by atoms with Crippen molar-refractivity contribution in [2.75, 3.05) is 0 Å². The summed E-state index contributed by atoms with van der Waals surface area (Å²) in [7, 11) is 0. The molecule has 106 valence electrons. The second kappa shape index (κ2) is 4.31. The van der Waals surface area contributed by atoms with Crippen LogP contribution < -0.4 is 0 Å². The first-order valence-electron chi connectivity index (χ1n) is 7.44. The van der Waals surface area contributed by atoms with Crippen LogP contribution in [0.5, 0.6) is 0 Å². The number of rotatable bonds is 0. The molecule has 0 aliphatic rings. The van der Waals surface area contributed by atoms with E-state index < -0.39 is 0 Å². The highest BCUT2D eigenvalue weighted by atomic mass is 32.1. The summed E-state index contributed by atoms with van der Waals surface area (Å²) < 4.78 is 2.78. The molecule has 0 saturated heterocycles. The number of benzene rings is 3. The van der Waals surface area contributed by atoms with E-state index in [1.807, 2.05) is 22.7 Å². The van der Waals surface area contributed by atoms with Crippen molar-refractivity contribution in [3.8, 4) is 0 Å². The summed E-state index contributed by atoms with van der Waals surface area (Å²) in [6.45, 7) is 4.50. The summed E-state index contributed by atoms with van der Waals surface area (Å²) in [6, 6.07) is 13.8. The molecule has 22 heavy (non-hydrogen) atoms. The van der Waals surface area contributed by atoms with Gasteiger partial charge in [-0.3, -0.25) is 0 Å².